The molecule has 5 unspecified atom stereocenters. The van der Waals surface area contributed by atoms with Crippen LogP contribution in [0.4, 0.5) is 0 Å². The summed E-state index contributed by atoms with van der Waals surface area (Å²) in [6, 6.07) is -0.469. The van der Waals surface area contributed by atoms with Gasteiger partial charge in [0, 0.05) is 0 Å². The summed E-state index contributed by atoms with van der Waals surface area (Å²) in [6.07, 6.45) is -1.02. The molecule has 0 aliphatic carbocycles. The fourth-order valence-electron chi connectivity index (χ4n) is 2.46. The Bertz CT molecular complexity index is 221. The molecule has 2 fully saturated rings. The Morgan fingerprint density at radius 3 is 2.67 bits per heavy atom. The zero-order valence-corrected chi connectivity index (χ0v) is 9.30. The maximum atomic E-state index is 10.1. The quantitative estimate of drug-likeness (QED) is 0.642. The van der Waals surface area contributed by atoms with E-state index in [2.05, 4.69) is 18.7 Å². The van der Waals surface area contributed by atoms with E-state index < -0.39 is 6.10 Å². The topological polar surface area (TPSA) is 68.0 Å². The van der Waals surface area contributed by atoms with Crippen LogP contribution in [0.1, 0.15) is 13.8 Å². The summed E-state index contributed by atoms with van der Waals surface area (Å²) < 4.78 is 11.1. The second kappa shape index (κ2) is 4.35. The molecule has 0 saturated carbocycles. The van der Waals surface area contributed by atoms with Crippen molar-refractivity contribution in [3.05, 3.63) is 0 Å². The van der Waals surface area contributed by atoms with Crippen LogP contribution in [0.3, 0.4) is 0 Å². The molecule has 0 radical (unpaired) electrons. The fourth-order valence-corrected chi connectivity index (χ4v) is 2.46. The van der Waals surface area contributed by atoms with Crippen LogP contribution in [0.2, 0.25) is 0 Å². The van der Waals surface area contributed by atoms with Gasteiger partial charge in [-0.3, -0.25) is 4.90 Å². The molecule has 2 aliphatic heterocycles. The van der Waals surface area contributed by atoms with Gasteiger partial charge in [0.2, 0.25) is 0 Å². The standard InChI is InChI=1S/C10H20N2O3/c1-3-12(4-2)8-9(13)7(11)6-5-14-10(8)15-6/h6-10,13H,3-5,11H2,1-2H3. The first-order chi connectivity index (χ1) is 7.19. The van der Waals surface area contributed by atoms with Crippen molar-refractivity contribution < 1.29 is 14.6 Å². The summed E-state index contributed by atoms with van der Waals surface area (Å²) in [5.41, 5.74) is 5.92. The van der Waals surface area contributed by atoms with Gasteiger partial charge < -0.3 is 20.3 Å². The van der Waals surface area contributed by atoms with Crippen molar-refractivity contribution in [2.75, 3.05) is 19.7 Å². The van der Waals surface area contributed by atoms with E-state index in [-0.39, 0.29) is 24.5 Å². The van der Waals surface area contributed by atoms with Gasteiger partial charge in [-0.2, -0.15) is 0 Å². The zero-order chi connectivity index (χ0) is 11.0. The van der Waals surface area contributed by atoms with E-state index in [4.69, 9.17) is 15.2 Å². The Hall–Kier alpha value is -0.200. The van der Waals surface area contributed by atoms with Gasteiger partial charge >= 0.3 is 0 Å². The molecular formula is C10H20N2O3. The highest BCUT2D eigenvalue weighted by molar-refractivity contribution is 4.99. The Labute approximate surface area is 90.1 Å². The van der Waals surface area contributed by atoms with Gasteiger partial charge in [0.1, 0.15) is 6.10 Å². The fraction of sp³-hybridized carbons (Fsp3) is 1.00. The predicted octanol–water partition coefficient (Wildman–Crippen LogP) is -0.860. The molecule has 0 aromatic rings. The highest BCUT2D eigenvalue weighted by Crippen LogP contribution is 2.30. The Kier molecular flexibility index (Phi) is 3.27. The SMILES string of the molecule is CCN(CC)C1C2OCC(O2)C(N)C1O. The normalized spacial score (nSPS) is 45.0. The van der Waals surface area contributed by atoms with Crippen LogP contribution in [-0.4, -0.2) is 60.3 Å². The third-order valence-electron chi connectivity index (χ3n) is 3.42. The lowest BCUT2D eigenvalue weighted by atomic mass is 9.96. The number of nitrogens with zero attached hydrogens (tertiary/aromatic N) is 1. The van der Waals surface area contributed by atoms with Gasteiger partial charge in [0.25, 0.3) is 0 Å². The van der Waals surface area contributed by atoms with Gasteiger partial charge in [0.05, 0.1) is 24.8 Å². The first kappa shape index (κ1) is 11.3. The minimum atomic E-state index is -0.559. The first-order valence-corrected chi connectivity index (χ1v) is 5.63. The molecule has 5 atom stereocenters. The lowest BCUT2D eigenvalue weighted by Gasteiger charge is -2.42. The minimum absolute atomic E-state index is 0.131. The summed E-state index contributed by atoms with van der Waals surface area (Å²) in [5, 5.41) is 10.1. The maximum absolute atomic E-state index is 10.1. The number of ether oxygens (including phenoxy) is 2. The smallest absolute Gasteiger partial charge is 0.176 e. The molecule has 2 bridgehead atoms. The van der Waals surface area contributed by atoms with E-state index in [1.165, 1.54) is 0 Å². The molecule has 2 rings (SSSR count). The monoisotopic (exact) mass is 216 g/mol. The van der Waals surface area contributed by atoms with Crippen LogP contribution in [0, 0.1) is 0 Å². The van der Waals surface area contributed by atoms with E-state index in [9.17, 15) is 5.11 Å². The molecule has 15 heavy (non-hydrogen) atoms. The van der Waals surface area contributed by atoms with Gasteiger partial charge in [0.15, 0.2) is 6.29 Å². The van der Waals surface area contributed by atoms with E-state index in [0.29, 0.717) is 6.61 Å². The second-order valence-electron chi connectivity index (χ2n) is 4.16. The lowest BCUT2D eigenvalue weighted by Crippen LogP contribution is -2.63. The van der Waals surface area contributed by atoms with Crippen LogP contribution < -0.4 is 5.73 Å². The van der Waals surface area contributed by atoms with Crippen molar-refractivity contribution in [1.82, 2.24) is 4.90 Å². The highest BCUT2D eigenvalue weighted by atomic mass is 16.7. The van der Waals surface area contributed by atoms with Gasteiger partial charge in [-0.05, 0) is 13.1 Å². The van der Waals surface area contributed by atoms with Crippen LogP contribution in [-0.2, 0) is 9.47 Å². The summed E-state index contributed by atoms with van der Waals surface area (Å²) >= 11 is 0. The number of fused-ring (bicyclic) bond motifs is 2. The van der Waals surface area contributed by atoms with Gasteiger partial charge in [-0.15, -0.1) is 0 Å². The summed E-state index contributed by atoms with van der Waals surface area (Å²) in [6.45, 7) is 6.34. The van der Waals surface area contributed by atoms with Crippen molar-refractivity contribution in [3.8, 4) is 0 Å². The Morgan fingerprint density at radius 2 is 2.07 bits per heavy atom. The molecule has 5 nitrogen and oxygen atoms in total. The van der Waals surface area contributed by atoms with E-state index in [1.807, 2.05) is 0 Å². The van der Waals surface area contributed by atoms with Gasteiger partial charge in [-0.1, -0.05) is 13.8 Å². The molecule has 2 heterocycles. The minimum Gasteiger partial charge on any atom is -0.390 e. The molecule has 0 amide bonds. The molecule has 3 N–H and O–H groups in total. The number of likely N-dealkylation sites (N-methyl/N-ethyl adjacent to an activating group) is 1. The average Bonchev–Trinajstić information content (AvgIpc) is 2.68. The highest BCUT2D eigenvalue weighted by Gasteiger charge is 2.50. The molecule has 0 spiro atoms. The van der Waals surface area contributed by atoms with Crippen molar-refractivity contribution in [3.63, 3.8) is 0 Å². The second-order valence-corrected chi connectivity index (χ2v) is 4.16. The molecule has 2 saturated heterocycles. The third kappa shape index (κ3) is 1.79. The summed E-state index contributed by atoms with van der Waals surface area (Å²) in [7, 11) is 0. The molecular weight excluding hydrogens is 196 g/mol. The molecule has 2 aliphatic rings. The van der Waals surface area contributed by atoms with Crippen LogP contribution >= 0.6 is 0 Å². The summed E-state index contributed by atoms with van der Waals surface area (Å²) in [4.78, 5) is 2.14. The Balaban J connectivity index is 2.14. The number of rotatable bonds is 3. The largest absolute Gasteiger partial charge is 0.390 e. The molecule has 0 aromatic heterocycles. The number of aliphatic hydroxyl groups excluding tert-OH is 1. The summed E-state index contributed by atoms with van der Waals surface area (Å²) in [5.74, 6) is 0. The van der Waals surface area contributed by atoms with Crippen molar-refractivity contribution in [2.45, 2.75) is 44.4 Å². The maximum Gasteiger partial charge on any atom is 0.176 e. The number of nitrogens with two attached hydrogens (primary N) is 1. The predicted molar refractivity (Wildman–Crippen MR) is 55.3 cm³/mol. The average molecular weight is 216 g/mol. The zero-order valence-electron chi connectivity index (χ0n) is 9.30. The molecule has 88 valence electrons. The number of hydrogen-bond donors (Lipinski definition) is 2. The van der Waals surface area contributed by atoms with E-state index in [1.54, 1.807) is 0 Å². The Morgan fingerprint density at radius 1 is 1.40 bits per heavy atom. The molecule has 5 heteroatoms. The van der Waals surface area contributed by atoms with Crippen LogP contribution in [0.15, 0.2) is 0 Å². The van der Waals surface area contributed by atoms with E-state index in [0.717, 1.165) is 13.1 Å². The van der Waals surface area contributed by atoms with Crippen LogP contribution in [0.5, 0.6) is 0 Å². The van der Waals surface area contributed by atoms with Crippen LogP contribution in [0.25, 0.3) is 0 Å². The first-order valence-electron chi connectivity index (χ1n) is 5.63. The number of aliphatic hydroxyl groups is 1. The third-order valence-corrected chi connectivity index (χ3v) is 3.42. The lowest BCUT2D eigenvalue weighted by molar-refractivity contribution is -0.176. The van der Waals surface area contributed by atoms with Crippen molar-refractivity contribution in [1.29, 1.82) is 0 Å². The number of hydrogen-bond acceptors (Lipinski definition) is 5. The van der Waals surface area contributed by atoms with Gasteiger partial charge in [-0.25, -0.2) is 0 Å². The van der Waals surface area contributed by atoms with Crippen molar-refractivity contribution in [2.24, 2.45) is 5.73 Å². The molecule has 0 aromatic carbocycles. The van der Waals surface area contributed by atoms with E-state index >= 15 is 0 Å². The van der Waals surface area contributed by atoms with Crippen molar-refractivity contribution >= 4 is 0 Å².